The van der Waals surface area contributed by atoms with Crippen LogP contribution < -0.4 is 14.8 Å². The third-order valence-electron chi connectivity index (χ3n) is 7.75. The van der Waals surface area contributed by atoms with Crippen LogP contribution in [0.5, 0.6) is 11.5 Å². The van der Waals surface area contributed by atoms with Gasteiger partial charge in [-0.3, -0.25) is 9.78 Å². The lowest BCUT2D eigenvalue weighted by atomic mass is 10.0. The number of hydrogen-bond donors (Lipinski definition) is 1. The summed E-state index contributed by atoms with van der Waals surface area (Å²) in [6, 6.07) is 30.2. The van der Waals surface area contributed by atoms with Gasteiger partial charge in [0.1, 0.15) is 18.1 Å². The van der Waals surface area contributed by atoms with Gasteiger partial charge in [-0.25, -0.2) is 0 Å². The van der Waals surface area contributed by atoms with Gasteiger partial charge >= 0.3 is 5.97 Å². The van der Waals surface area contributed by atoms with Gasteiger partial charge in [-0.15, -0.1) is 0 Å². The van der Waals surface area contributed by atoms with Gasteiger partial charge in [-0.1, -0.05) is 42.5 Å². The number of aromatic nitrogens is 2. The predicted molar refractivity (Wildman–Crippen MR) is 169 cm³/mol. The summed E-state index contributed by atoms with van der Waals surface area (Å²) in [5, 5.41) is 4.45. The number of pyridine rings is 1. The predicted octanol–water partition coefficient (Wildman–Crippen LogP) is 7.14. The van der Waals surface area contributed by atoms with E-state index in [-0.39, 0.29) is 18.4 Å². The van der Waals surface area contributed by atoms with Crippen molar-refractivity contribution in [1.29, 1.82) is 0 Å². The van der Waals surface area contributed by atoms with Crippen LogP contribution in [0.3, 0.4) is 0 Å². The fourth-order valence-corrected chi connectivity index (χ4v) is 5.60. The SMILES string of the molecule is CCOC(=O)CC(c1cccc(OCc2ccccc2)c1)n1ccc2cc(OCCc3ccc4c(n3)CCCN4)ccc21. The number of nitrogens with one attached hydrogen (secondary N) is 1. The molecule has 0 radical (unpaired) electrons. The minimum absolute atomic E-state index is 0.210. The molecule has 0 aliphatic carbocycles. The van der Waals surface area contributed by atoms with Crippen LogP contribution in [0.2, 0.25) is 0 Å². The number of carbonyl (C=O) groups excluding carboxylic acids is 1. The molecule has 3 aromatic carbocycles. The lowest BCUT2D eigenvalue weighted by Gasteiger charge is -2.21. The van der Waals surface area contributed by atoms with E-state index < -0.39 is 0 Å². The Morgan fingerprint density at radius 2 is 1.84 bits per heavy atom. The summed E-state index contributed by atoms with van der Waals surface area (Å²) in [7, 11) is 0. The molecular weight excluding hydrogens is 538 g/mol. The molecule has 7 heteroatoms. The zero-order valence-electron chi connectivity index (χ0n) is 24.5. The Balaban J connectivity index is 1.18. The van der Waals surface area contributed by atoms with E-state index in [9.17, 15) is 4.79 Å². The number of aryl methyl sites for hydroxylation is 1. The number of benzene rings is 3. The van der Waals surface area contributed by atoms with Crippen LogP contribution >= 0.6 is 0 Å². The molecular formula is C36H37N3O4. The van der Waals surface area contributed by atoms with Crippen molar-refractivity contribution in [3.8, 4) is 11.5 Å². The Labute approximate surface area is 252 Å². The van der Waals surface area contributed by atoms with E-state index in [2.05, 4.69) is 40.2 Å². The number of fused-ring (bicyclic) bond motifs is 2. The lowest BCUT2D eigenvalue weighted by Crippen LogP contribution is -2.16. The first-order valence-electron chi connectivity index (χ1n) is 15.0. The Hall–Kier alpha value is -4.78. The third kappa shape index (κ3) is 7.00. The number of ether oxygens (including phenoxy) is 3. The molecule has 220 valence electrons. The maximum Gasteiger partial charge on any atom is 0.308 e. The monoisotopic (exact) mass is 575 g/mol. The number of rotatable bonds is 12. The van der Waals surface area contributed by atoms with Gasteiger partial charge in [0, 0.05) is 35.8 Å². The number of anilines is 1. The van der Waals surface area contributed by atoms with Crippen LogP contribution in [-0.4, -0.2) is 35.3 Å². The normalized spacial score (nSPS) is 13.1. The number of carbonyl (C=O) groups is 1. The molecule has 6 rings (SSSR count). The molecule has 1 aliphatic rings. The van der Waals surface area contributed by atoms with Crippen LogP contribution in [0.1, 0.15) is 48.3 Å². The number of hydrogen-bond acceptors (Lipinski definition) is 6. The molecule has 0 saturated heterocycles. The van der Waals surface area contributed by atoms with Crippen molar-refractivity contribution in [1.82, 2.24) is 9.55 Å². The Morgan fingerprint density at radius 1 is 0.953 bits per heavy atom. The maximum absolute atomic E-state index is 12.7. The highest BCUT2D eigenvalue weighted by Gasteiger charge is 2.21. The quantitative estimate of drug-likeness (QED) is 0.160. The van der Waals surface area contributed by atoms with Gasteiger partial charge in [-0.2, -0.15) is 0 Å². The van der Waals surface area contributed by atoms with Crippen molar-refractivity contribution < 1.29 is 19.0 Å². The molecule has 1 unspecified atom stereocenters. The summed E-state index contributed by atoms with van der Waals surface area (Å²) in [6.07, 6.45) is 5.12. The molecule has 7 nitrogen and oxygen atoms in total. The van der Waals surface area contributed by atoms with E-state index in [1.54, 1.807) is 0 Å². The van der Waals surface area contributed by atoms with E-state index in [1.165, 1.54) is 0 Å². The van der Waals surface area contributed by atoms with Crippen molar-refractivity contribution in [2.75, 3.05) is 25.1 Å². The third-order valence-corrected chi connectivity index (χ3v) is 7.75. The highest BCUT2D eigenvalue weighted by atomic mass is 16.5. The number of esters is 1. The summed E-state index contributed by atoms with van der Waals surface area (Å²) in [5.41, 5.74) is 6.44. The summed E-state index contributed by atoms with van der Waals surface area (Å²) in [5.74, 6) is 1.33. The van der Waals surface area contributed by atoms with Crippen molar-refractivity contribution in [2.45, 2.75) is 45.3 Å². The first-order valence-corrected chi connectivity index (χ1v) is 15.0. The minimum Gasteiger partial charge on any atom is -0.493 e. The van der Waals surface area contributed by atoms with Crippen molar-refractivity contribution in [3.63, 3.8) is 0 Å². The average molecular weight is 576 g/mol. The lowest BCUT2D eigenvalue weighted by molar-refractivity contribution is -0.143. The van der Waals surface area contributed by atoms with Crippen molar-refractivity contribution in [2.24, 2.45) is 0 Å². The summed E-state index contributed by atoms with van der Waals surface area (Å²) < 4.78 is 19.7. The molecule has 1 N–H and O–H groups in total. The van der Waals surface area contributed by atoms with Crippen LogP contribution in [-0.2, 0) is 29.0 Å². The van der Waals surface area contributed by atoms with Gasteiger partial charge in [0.15, 0.2) is 0 Å². The highest BCUT2D eigenvalue weighted by Crippen LogP contribution is 2.32. The smallest absolute Gasteiger partial charge is 0.308 e. The van der Waals surface area contributed by atoms with Gasteiger partial charge in [0.2, 0.25) is 0 Å². The van der Waals surface area contributed by atoms with E-state index in [0.29, 0.717) is 19.8 Å². The minimum atomic E-state index is -0.256. The fourth-order valence-electron chi connectivity index (χ4n) is 5.60. The van der Waals surface area contributed by atoms with Gasteiger partial charge in [0.05, 0.1) is 37.1 Å². The van der Waals surface area contributed by atoms with E-state index in [4.69, 9.17) is 19.2 Å². The summed E-state index contributed by atoms with van der Waals surface area (Å²) in [6.45, 7) is 4.21. The van der Waals surface area contributed by atoms with Crippen LogP contribution in [0, 0.1) is 0 Å². The largest absolute Gasteiger partial charge is 0.493 e. The molecule has 0 amide bonds. The molecule has 5 aromatic rings. The van der Waals surface area contributed by atoms with Gasteiger partial charge in [0.25, 0.3) is 0 Å². The zero-order valence-corrected chi connectivity index (χ0v) is 24.5. The van der Waals surface area contributed by atoms with Crippen LogP contribution in [0.15, 0.2) is 97.2 Å². The molecule has 0 bridgehead atoms. The van der Waals surface area contributed by atoms with E-state index in [0.717, 1.165) is 76.4 Å². The first-order chi connectivity index (χ1) is 21.2. The average Bonchev–Trinajstić information content (AvgIpc) is 3.46. The second kappa shape index (κ2) is 13.5. The van der Waals surface area contributed by atoms with Crippen molar-refractivity contribution >= 4 is 22.6 Å². The van der Waals surface area contributed by atoms with Gasteiger partial charge < -0.3 is 24.1 Å². The maximum atomic E-state index is 12.7. The van der Waals surface area contributed by atoms with Crippen LogP contribution in [0.4, 0.5) is 5.69 Å². The molecule has 1 atom stereocenters. The topological polar surface area (TPSA) is 74.6 Å². The summed E-state index contributed by atoms with van der Waals surface area (Å²) >= 11 is 0. The second-order valence-corrected chi connectivity index (χ2v) is 10.7. The van der Waals surface area contributed by atoms with E-state index >= 15 is 0 Å². The highest BCUT2D eigenvalue weighted by molar-refractivity contribution is 5.82. The summed E-state index contributed by atoms with van der Waals surface area (Å²) in [4.78, 5) is 17.6. The molecule has 43 heavy (non-hydrogen) atoms. The Kier molecular flexibility index (Phi) is 8.88. The molecule has 0 spiro atoms. The first kappa shape index (κ1) is 28.3. The Bertz CT molecular complexity index is 1680. The van der Waals surface area contributed by atoms with Crippen molar-refractivity contribution in [3.05, 3.63) is 120 Å². The second-order valence-electron chi connectivity index (χ2n) is 10.7. The molecule has 0 fully saturated rings. The molecule has 0 saturated carbocycles. The molecule has 2 aromatic heterocycles. The van der Waals surface area contributed by atoms with Crippen LogP contribution in [0.25, 0.3) is 10.9 Å². The Morgan fingerprint density at radius 3 is 2.72 bits per heavy atom. The zero-order chi connectivity index (χ0) is 29.4. The number of nitrogens with zero attached hydrogens (tertiary/aromatic N) is 2. The molecule has 1 aliphatic heterocycles. The van der Waals surface area contributed by atoms with E-state index in [1.807, 2.05) is 73.8 Å². The molecule has 3 heterocycles. The van der Waals surface area contributed by atoms with Gasteiger partial charge in [-0.05, 0) is 79.4 Å². The standard InChI is InChI=1S/C36H37N3O4/c1-2-41-36(40)24-35(27-10-6-11-30(22-27)43-25-26-8-4-3-5-9-26)39-20-17-28-23-31(14-16-34(28)39)42-21-18-29-13-15-32-33(38-29)12-7-19-37-32/h3-6,8-11,13-17,20,22-23,35,37H,2,7,12,18-19,21,24-25H2,1H3. The fraction of sp³-hybridized carbons (Fsp3) is 0.278.